The van der Waals surface area contributed by atoms with Crippen LogP contribution in [0, 0.1) is 0 Å². The Morgan fingerprint density at radius 1 is 1.21 bits per heavy atom. The first-order valence-corrected chi connectivity index (χ1v) is 9.93. The number of rotatable bonds is 7. The molecule has 2 aromatic heterocycles. The molecule has 0 unspecified atom stereocenters. The van der Waals surface area contributed by atoms with Crippen LogP contribution in [0.1, 0.15) is 36.6 Å². The van der Waals surface area contributed by atoms with Gasteiger partial charge in [0.2, 0.25) is 5.91 Å². The third-order valence-corrected chi connectivity index (χ3v) is 5.59. The minimum absolute atomic E-state index is 0.00789. The SMILES string of the molecule is COc1ccc2c(CC(=O)NC[C@H](c3ccco3)[NH+]3CCCCC3)coc2c1. The summed E-state index contributed by atoms with van der Waals surface area (Å²) in [6.07, 6.45) is 7.40. The molecule has 1 saturated heterocycles. The highest BCUT2D eigenvalue weighted by atomic mass is 16.5. The second kappa shape index (κ2) is 8.52. The van der Waals surface area contributed by atoms with E-state index in [2.05, 4.69) is 5.32 Å². The molecule has 6 nitrogen and oxygen atoms in total. The second-order valence-electron chi connectivity index (χ2n) is 7.39. The van der Waals surface area contributed by atoms with Crippen molar-refractivity contribution in [3.8, 4) is 5.75 Å². The zero-order chi connectivity index (χ0) is 19.3. The monoisotopic (exact) mass is 383 g/mol. The van der Waals surface area contributed by atoms with Crippen molar-refractivity contribution < 1.29 is 23.3 Å². The van der Waals surface area contributed by atoms with Gasteiger partial charge in [-0.3, -0.25) is 4.79 Å². The molecule has 1 amide bonds. The Morgan fingerprint density at radius 3 is 2.82 bits per heavy atom. The van der Waals surface area contributed by atoms with Gasteiger partial charge in [-0.05, 0) is 43.5 Å². The average Bonchev–Trinajstić information content (AvgIpc) is 3.39. The van der Waals surface area contributed by atoms with E-state index in [4.69, 9.17) is 13.6 Å². The Bertz CT molecular complexity index is 910. The summed E-state index contributed by atoms with van der Waals surface area (Å²) in [7, 11) is 1.62. The molecule has 0 aliphatic carbocycles. The number of hydrogen-bond acceptors (Lipinski definition) is 4. The van der Waals surface area contributed by atoms with Crippen molar-refractivity contribution in [2.75, 3.05) is 26.7 Å². The van der Waals surface area contributed by atoms with E-state index in [1.165, 1.54) is 24.2 Å². The van der Waals surface area contributed by atoms with E-state index in [0.29, 0.717) is 13.0 Å². The summed E-state index contributed by atoms with van der Waals surface area (Å²) >= 11 is 0. The van der Waals surface area contributed by atoms with E-state index < -0.39 is 0 Å². The summed E-state index contributed by atoms with van der Waals surface area (Å²) in [4.78, 5) is 14.1. The highest BCUT2D eigenvalue weighted by molar-refractivity contribution is 5.88. The van der Waals surface area contributed by atoms with Crippen molar-refractivity contribution in [1.29, 1.82) is 0 Å². The van der Waals surface area contributed by atoms with Crippen LogP contribution in [0.15, 0.2) is 51.7 Å². The number of piperidine rings is 1. The largest absolute Gasteiger partial charge is 0.497 e. The van der Waals surface area contributed by atoms with Crippen LogP contribution in [0.2, 0.25) is 0 Å². The first kappa shape index (κ1) is 18.6. The fourth-order valence-corrected chi connectivity index (χ4v) is 4.07. The van der Waals surface area contributed by atoms with E-state index in [1.807, 2.05) is 30.3 Å². The molecular weight excluding hydrogens is 356 g/mol. The Morgan fingerprint density at radius 2 is 2.07 bits per heavy atom. The summed E-state index contributed by atoms with van der Waals surface area (Å²) in [5.74, 6) is 1.67. The maximum Gasteiger partial charge on any atom is 0.224 e. The van der Waals surface area contributed by atoms with Crippen LogP contribution in [0.4, 0.5) is 0 Å². The molecule has 2 N–H and O–H groups in total. The van der Waals surface area contributed by atoms with Crippen molar-refractivity contribution in [2.45, 2.75) is 31.7 Å². The Hall–Kier alpha value is -2.73. The molecular formula is C22H27N2O4+. The van der Waals surface area contributed by atoms with E-state index in [0.717, 1.165) is 41.1 Å². The molecule has 0 saturated carbocycles. The van der Waals surface area contributed by atoms with Crippen molar-refractivity contribution >= 4 is 16.9 Å². The summed E-state index contributed by atoms with van der Waals surface area (Å²) in [5.41, 5.74) is 1.61. The van der Waals surface area contributed by atoms with Gasteiger partial charge in [0.25, 0.3) is 0 Å². The van der Waals surface area contributed by atoms with Gasteiger partial charge in [0, 0.05) is 17.0 Å². The van der Waals surface area contributed by atoms with E-state index in [9.17, 15) is 4.79 Å². The number of benzene rings is 1. The summed E-state index contributed by atoms with van der Waals surface area (Å²) in [6, 6.07) is 9.73. The predicted molar refractivity (Wildman–Crippen MR) is 105 cm³/mol. The van der Waals surface area contributed by atoms with Crippen molar-refractivity contribution in [3.63, 3.8) is 0 Å². The van der Waals surface area contributed by atoms with Crippen LogP contribution < -0.4 is 15.0 Å². The molecule has 1 aliphatic rings. The Labute approximate surface area is 164 Å². The maximum atomic E-state index is 12.6. The highest BCUT2D eigenvalue weighted by Crippen LogP contribution is 2.25. The lowest BCUT2D eigenvalue weighted by Crippen LogP contribution is -3.13. The number of nitrogens with one attached hydrogen (secondary N) is 2. The number of quaternary nitrogens is 1. The smallest absolute Gasteiger partial charge is 0.224 e. The number of fused-ring (bicyclic) bond motifs is 1. The number of methoxy groups -OCH3 is 1. The number of carbonyl (C=O) groups excluding carboxylic acids is 1. The van der Waals surface area contributed by atoms with E-state index in [1.54, 1.807) is 19.6 Å². The first-order valence-electron chi connectivity index (χ1n) is 9.93. The van der Waals surface area contributed by atoms with Crippen LogP contribution in [0.5, 0.6) is 5.75 Å². The normalized spacial score (nSPS) is 16.2. The van der Waals surface area contributed by atoms with Gasteiger partial charge in [0.15, 0.2) is 11.8 Å². The summed E-state index contributed by atoms with van der Waals surface area (Å²) in [5, 5.41) is 4.05. The number of furan rings is 2. The van der Waals surface area contributed by atoms with E-state index >= 15 is 0 Å². The summed E-state index contributed by atoms with van der Waals surface area (Å²) < 4.78 is 16.5. The number of hydrogen-bond donors (Lipinski definition) is 2. The van der Waals surface area contributed by atoms with Gasteiger partial charge in [-0.15, -0.1) is 0 Å². The van der Waals surface area contributed by atoms with Gasteiger partial charge in [-0.1, -0.05) is 0 Å². The van der Waals surface area contributed by atoms with Crippen LogP contribution in [0.25, 0.3) is 11.0 Å². The van der Waals surface area contributed by atoms with Gasteiger partial charge in [-0.25, -0.2) is 0 Å². The molecule has 3 aromatic rings. The van der Waals surface area contributed by atoms with Gasteiger partial charge in [0.05, 0.1) is 45.7 Å². The molecule has 28 heavy (non-hydrogen) atoms. The zero-order valence-electron chi connectivity index (χ0n) is 16.2. The van der Waals surface area contributed by atoms with Crippen LogP contribution >= 0.6 is 0 Å². The van der Waals surface area contributed by atoms with Gasteiger partial charge in [-0.2, -0.15) is 0 Å². The minimum atomic E-state index is -0.00789. The molecule has 0 spiro atoms. The fourth-order valence-electron chi connectivity index (χ4n) is 4.07. The number of amides is 1. The maximum absolute atomic E-state index is 12.6. The van der Waals surface area contributed by atoms with Crippen molar-refractivity contribution in [1.82, 2.24) is 5.32 Å². The van der Waals surface area contributed by atoms with Crippen molar-refractivity contribution in [2.24, 2.45) is 0 Å². The minimum Gasteiger partial charge on any atom is -0.497 e. The molecule has 1 aromatic carbocycles. The quantitative estimate of drug-likeness (QED) is 0.658. The Kier molecular flexibility index (Phi) is 5.67. The number of ether oxygens (including phenoxy) is 1. The lowest BCUT2D eigenvalue weighted by molar-refractivity contribution is -0.936. The second-order valence-corrected chi connectivity index (χ2v) is 7.39. The number of carbonyl (C=O) groups is 1. The topological polar surface area (TPSA) is 69.0 Å². The molecule has 148 valence electrons. The molecule has 1 atom stereocenters. The van der Waals surface area contributed by atoms with Gasteiger partial charge < -0.3 is 23.8 Å². The van der Waals surface area contributed by atoms with Crippen molar-refractivity contribution in [3.05, 3.63) is 54.2 Å². The Balaban J connectivity index is 1.41. The third kappa shape index (κ3) is 4.07. The van der Waals surface area contributed by atoms with Crippen LogP contribution in [0.3, 0.4) is 0 Å². The third-order valence-electron chi connectivity index (χ3n) is 5.59. The molecule has 6 heteroatoms. The fraction of sp³-hybridized carbons (Fsp3) is 0.409. The standard InChI is InChI=1S/C22H26N2O4/c1-26-17-7-8-18-16(15-28-21(18)13-17)12-22(25)23-14-19(20-6-5-11-27-20)24-9-3-2-4-10-24/h5-8,11,13,15,19H,2-4,9-10,12,14H2,1H3,(H,23,25)/p+1/t19-/m1/s1. The predicted octanol–water partition coefficient (Wildman–Crippen LogP) is 2.50. The van der Waals surface area contributed by atoms with Gasteiger partial charge >= 0.3 is 0 Å². The van der Waals surface area contributed by atoms with Crippen LogP contribution in [-0.2, 0) is 11.2 Å². The molecule has 1 fully saturated rings. The molecule has 4 rings (SSSR count). The molecule has 0 bridgehead atoms. The molecule has 3 heterocycles. The van der Waals surface area contributed by atoms with E-state index in [-0.39, 0.29) is 11.9 Å². The zero-order valence-corrected chi connectivity index (χ0v) is 16.2. The highest BCUT2D eigenvalue weighted by Gasteiger charge is 2.28. The number of likely N-dealkylation sites (tertiary alicyclic amines) is 1. The summed E-state index contributed by atoms with van der Waals surface area (Å²) in [6.45, 7) is 2.82. The van der Waals surface area contributed by atoms with Gasteiger partial charge in [0.1, 0.15) is 11.3 Å². The first-order chi connectivity index (χ1) is 13.7. The lowest BCUT2D eigenvalue weighted by atomic mass is 10.1. The average molecular weight is 383 g/mol. The molecule has 0 radical (unpaired) electrons. The lowest BCUT2D eigenvalue weighted by Gasteiger charge is -2.30. The molecule has 1 aliphatic heterocycles. The van der Waals surface area contributed by atoms with Crippen LogP contribution in [-0.4, -0.2) is 32.7 Å².